The molecule has 1 aromatic heterocycles. The highest BCUT2D eigenvalue weighted by Crippen LogP contribution is 2.62. The average Bonchev–Trinajstić information content (AvgIpc) is 3.48. The molecule has 0 unspecified atom stereocenters. The highest BCUT2D eigenvalue weighted by Gasteiger charge is 2.51. The Kier molecular flexibility index (Phi) is 6.36. The first-order valence-corrected chi connectivity index (χ1v) is 16.9. The minimum absolute atomic E-state index is 0.562. The zero-order chi connectivity index (χ0) is 33.1. The third-order valence-corrected chi connectivity index (χ3v) is 10.0. The van der Waals surface area contributed by atoms with Gasteiger partial charge in [-0.1, -0.05) is 152 Å². The van der Waals surface area contributed by atoms with E-state index in [1.54, 1.807) is 0 Å². The molecule has 0 radical (unpaired) electrons. The van der Waals surface area contributed by atoms with Crippen LogP contribution in [0, 0.1) is 0 Å². The van der Waals surface area contributed by atoms with E-state index < -0.39 is 5.41 Å². The standard InChI is InChI=1S/C46H29N3O/c1-4-14-30(15-5-1)33-24-26-37-35(28-33)36-29-34(45-48-43(31-16-6-2-7-17-31)47-44(49-45)32-18-8-3-9-19-32)25-27-38(36)46(37)39-20-10-12-22-41(39)50-42-23-13-11-21-40(42)46/h1-29H. The smallest absolute Gasteiger partial charge is 0.164 e. The van der Waals surface area contributed by atoms with Crippen molar-refractivity contribution >= 4 is 0 Å². The molecule has 4 nitrogen and oxygen atoms in total. The molecule has 234 valence electrons. The molecule has 2 aliphatic rings. The van der Waals surface area contributed by atoms with E-state index in [-0.39, 0.29) is 0 Å². The Labute approximate surface area is 290 Å². The summed E-state index contributed by atoms with van der Waals surface area (Å²) >= 11 is 0. The van der Waals surface area contributed by atoms with Crippen molar-refractivity contribution in [3.63, 3.8) is 0 Å². The summed E-state index contributed by atoms with van der Waals surface area (Å²) in [7, 11) is 0. The molecule has 0 saturated carbocycles. The first kappa shape index (κ1) is 28.4. The molecular weight excluding hydrogens is 611 g/mol. The van der Waals surface area contributed by atoms with Gasteiger partial charge in [-0.05, 0) is 57.6 Å². The Morgan fingerprint density at radius 1 is 0.320 bits per heavy atom. The summed E-state index contributed by atoms with van der Waals surface area (Å²) in [6.07, 6.45) is 0. The third kappa shape index (κ3) is 4.28. The highest BCUT2D eigenvalue weighted by molar-refractivity contribution is 5.92. The molecule has 10 rings (SSSR count). The number of para-hydroxylation sites is 2. The minimum atomic E-state index is -0.562. The Balaban J connectivity index is 1.25. The van der Waals surface area contributed by atoms with Gasteiger partial charge in [0.1, 0.15) is 11.5 Å². The molecule has 1 aliphatic carbocycles. The van der Waals surface area contributed by atoms with E-state index in [9.17, 15) is 0 Å². The number of hydrogen-bond donors (Lipinski definition) is 0. The maximum atomic E-state index is 6.56. The number of fused-ring (bicyclic) bond motifs is 9. The van der Waals surface area contributed by atoms with E-state index in [0.717, 1.165) is 44.9 Å². The largest absolute Gasteiger partial charge is 0.457 e. The molecule has 0 bridgehead atoms. The van der Waals surface area contributed by atoms with E-state index in [1.165, 1.54) is 27.8 Å². The molecule has 50 heavy (non-hydrogen) atoms. The number of rotatable bonds is 4. The Bertz CT molecular complexity index is 2460. The SMILES string of the molecule is c1ccc(-c2ccc3c(c2)-c2cc(-c4nc(-c5ccccc5)nc(-c5ccccc5)n4)ccc2C32c3ccccc3Oc3ccccc32)cc1. The fourth-order valence-electron chi connectivity index (χ4n) is 7.79. The van der Waals surface area contributed by atoms with Crippen LogP contribution in [0.25, 0.3) is 56.4 Å². The van der Waals surface area contributed by atoms with Gasteiger partial charge in [-0.2, -0.15) is 0 Å². The lowest BCUT2D eigenvalue weighted by Gasteiger charge is -2.39. The third-order valence-electron chi connectivity index (χ3n) is 10.0. The molecule has 1 aliphatic heterocycles. The lowest BCUT2D eigenvalue weighted by Crippen LogP contribution is -2.32. The molecule has 0 N–H and O–H groups in total. The fourth-order valence-corrected chi connectivity index (χ4v) is 7.79. The predicted octanol–water partition coefficient (Wildman–Crippen LogP) is 11.0. The van der Waals surface area contributed by atoms with Crippen LogP contribution in [0.15, 0.2) is 176 Å². The topological polar surface area (TPSA) is 47.9 Å². The van der Waals surface area contributed by atoms with Crippen LogP contribution in [-0.2, 0) is 5.41 Å². The van der Waals surface area contributed by atoms with Gasteiger partial charge in [-0.25, -0.2) is 15.0 Å². The summed E-state index contributed by atoms with van der Waals surface area (Å²) in [6, 6.07) is 61.4. The fraction of sp³-hybridized carbons (Fsp3) is 0.0217. The molecule has 1 spiro atoms. The molecule has 0 amide bonds. The van der Waals surface area contributed by atoms with Crippen LogP contribution < -0.4 is 4.74 Å². The second-order valence-electron chi connectivity index (χ2n) is 12.8. The van der Waals surface area contributed by atoms with Gasteiger partial charge in [0.25, 0.3) is 0 Å². The van der Waals surface area contributed by atoms with Gasteiger partial charge >= 0.3 is 0 Å². The summed E-state index contributed by atoms with van der Waals surface area (Å²) in [5.41, 5.74) is 11.7. The monoisotopic (exact) mass is 639 g/mol. The average molecular weight is 640 g/mol. The van der Waals surface area contributed by atoms with Crippen LogP contribution in [0.3, 0.4) is 0 Å². The summed E-state index contributed by atoms with van der Waals surface area (Å²) in [6.45, 7) is 0. The number of nitrogens with zero attached hydrogens (tertiary/aromatic N) is 3. The molecule has 7 aromatic carbocycles. The molecule has 0 saturated heterocycles. The molecule has 0 fully saturated rings. The zero-order valence-corrected chi connectivity index (χ0v) is 27.0. The summed E-state index contributed by atoms with van der Waals surface area (Å²) < 4.78 is 6.56. The summed E-state index contributed by atoms with van der Waals surface area (Å²) in [4.78, 5) is 15.1. The van der Waals surface area contributed by atoms with Crippen LogP contribution in [0.2, 0.25) is 0 Å². The molecule has 4 heteroatoms. The van der Waals surface area contributed by atoms with Gasteiger partial charge < -0.3 is 4.74 Å². The first-order chi connectivity index (χ1) is 24.8. The van der Waals surface area contributed by atoms with Crippen molar-refractivity contribution in [3.05, 3.63) is 198 Å². The van der Waals surface area contributed by atoms with Crippen molar-refractivity contribution in [2.45, 2.75) is 5.41 Å². The van der Waals surface area contributed by atoms with E-state index in [4.69, 9.17) is 19.7 Å². The lowest BCUT2D eigenvalue weighted by atomic mass is 9.66. The lowest BCUT2D eigenvalue weighted by molar-refractivity contribution is 0.436. The van der Waals surface area contributed by atoms with Gasteiger partial charge in [0, 0.05) is 27.8 Å². The number of ether oxygens (including phenoxy) is 1. The highest BCUT2D eigenvalue weighted by atomic mass is 16.5. The normalized spacial score (nSPS) is 13.1. The summed E-state index contributed by atoms with van der Waals surface area (Å²) in [5.74, 6) is 3.67. The van der Waals surface area contributed by atoms with Crippen LogP contribution in [0.5, 0.6) is 11.5 Å². The van der Waals surface area contributed by atoms with E-state index in [0.29, 0.717) is 17.5 Å². The Hall–Kier alpha value is -6.65. The Morgan fingerprint density at radius 3 is 1.24 bits per heavy atom. The van der Waals surface area contributed by atoms with Crippen molar-refractivity contribution in [3.8, 4) is 67.9 Å². The predicted molar refractivity (Wildman–Crippen MR) is 199 cm³/mol. The molecule has 2 heterocycles. The van der Waals surface area contributed by atoms with Gasteiger partial charge in [0.15, 0.2) is 17.5 Å². The Morgan fingerprint density at radius 2 is 0.720 bits per heavy atom. The maximum absolute atomic E-state index is 6.56. The van der Waals surface area contributed by atoms with Gasteiger partial charge in [0.05, 0.1) is 5.41 Å². The van der Waals surface area contributed by atoms with E-state index in [1.807, 2.05) is 72.8 Å². The number of aromatic nitrogens is 3. The number of benzene rings is 7. The number of hydrogen-bond acceptors (Lipinski definition) is 4. The molecule has 8 aromatic rings. The van der Waals surface area contributed by atoms with Crippen molar-refractivity contribution in [2.24, 2.45) is 0 Å². The molecule has 0 atom stereocenters. The van der Waals surface area contributed by atoms with Crippen molar-refractivity contribution < 1.29 is 4.74 Å². The van der Waals surface area contributed by atoms with Crippen LogP contribution in [0.1, 0.15) is 22.3 Å². The minimum Gasteiger partial charge on any atom is -0.457 e. The van der Waals surface area contributed by atoms with Crippen molar-refractivity contribution in [1.82, 2.24) is 15.0 Å². The van der Waals surface area contributed by atoms with Crippen molar-refractivity contribution in [1.29, 1.82) is 0 Å². The van der Waals surface area contributed by atoms with Crippen LogP contribution in [-0.4, -0.2) is 15.0 Å². The van der Waals surface area contributed by atoms with Crippen LogP contribution in [0.4, 0.5) is 0 Å². The van der Waals surface area contributed by atoms with Gasteiger partial charge in [-0.15, -0.1) is 0 Å². The second kappa shape index (κ2) is 11.2. The van der Waals surface area contributed by atoms with Gasteiger partial charge in [-0.3, -0.25) is 0 Å². The van der Waals surface area contributed by atoms with Crippen molar-refractivity contribution in [2.75, 3.05) is 0 Å². The zero-order valence-electron chi connectivity index (χ0n) is 27.0. The van der Waals surface area contributed by atoms with Crippen LogP contribution >= 0.6 is 0 Å². The quantitative estimate of drug-likeness (QED) is 0.192. The molecular formula is C46H29N3O. The second-order valence-corrected chi connectivity index (χ2v) is 12.8. The van der Waals surface area contributed by atoms with E-state index >= 15 is 0 Å². The maximum Gasteiger partial charge on any atom is 0.164 e. The van der Waals surface area contributed by atoms with Gasteiger partial charge in [0.2, 0.25) is 0 Å². The summed E-state index contributed by atoms with van der Waals surface area (Å²) in [5, 5.41) is 0. The first-order valence-electron chi connectivity index (χ1n) is 16.9. The van der Waals surface area contributed by atoms with E-state index in [2.05, 4.69) is 103 Å².